The van der Waals surface area contributed by atoms with Gasteiger partial charge in [0.15, 0.2) is 0 Å². The average molecular weight is 318 g/mol. The van der Waals surface area contributed by atoms with Crippen LogP contribution in [0.1, 0.15) is 25.5 Å². The van der Waals surface area contributed by atoms with Crippen molar-refractivity contribution in [2.75, 3.05) is 18.4 Å². The number of piperidine rings is 1. The lowest BCUT2D eigenvalue weighted by atomic mass is 9.93. The summed E-state index contributed by atoms with van der Waals surface area (Å²) in [6, 6.07) is 1.94. The van der Waals surface area contributed by atoms with E-state index in [2.05, 4.69) is 25.5 Å². The summed E-state index contributed by atoms with van der Waals surface area (Å²) in [5.74, 6) is 1.34. The first kappa shape index (κ1) is 14.8. The molecular weight excluding hydrogens is 300 g/mol. The third kappa shape index (κ3) is 3.76. The zero-order valence-electron chi connectivity index (χ0n) is 12.4. The Hall–Kier alpha value is -2.09. The van der Waals surface area contributed by atoms with Gasteiger partial charge in [-0.15, -0.1) is 10.2 Å². The summed E-state index contributed by atoms with van der Waals surface area (Å²) in [5.41, 5.74) is 2.65. The number of hydrogen-bond acceptors (Lipinski definition) is 7. The third-order valence-corrected chi connectivity index (χ3v) is 4.39. The van der Waals surface area contributed by atoms with Gasteiger partial charge in [0.05, 0.1) is 0 Å². The summed E-state index contributed by atoms with van der Waals surface area (Å²) in [7, 11) is 0. The second kappa shape index (κ2) is 6.78. The van der Waals surface area contributed by atoms with Crippen molar-refractivity contribution >= 4 is 28.2 Å². The van der Waals surface area contributed by atoms with Gasteiger partial charge in [0.1, 0.15) is 17.7 Å². The van der Waals surface area contributed by atoms with Gasteiger partial charge in [-0.2, -0.15) is 0 Å². The van der Waals surface area contributed by atoms with Crippen LogP contribution in [0.3, 0.4) is 0 Å². The molecule has 0 aliphatic carbocycles. The number of likely N-dealkylation sites (tertiary alicyclic amines) is 1. The molecule has 0 aromatic carbocycles. The van der Waals surface area contributed by atoms with E-state index in [4.69, 9.17) is 0 Å². The first-order valence-electron chi connectivity index (χ1n) is 7.30. The number of carbonyl (C=O) groups is 1. The monoisotopic (exact) mass is 318 g/mol. The van der Waals surface area contributed by atoms with Gasteiger partial charge in [0, 0.05) is 31.8 Å². The number of rotatable bonds is 4. The Kier molecular flexibility index (Phi) is 4.57. The summed E-state index contributed by atoms with van der Waals surface area (Å²) in [5, 5.41) is 11.6. The quantitative estimate of drug-likeness (QED) is 0.926. The van der Waals surface area contributed by atoms with Gasteiger partial charge < -0.3 is 10.2 Å². The van der Waals surface area contributed by atoms with Gasteiger partial charge >= 0.3 is 0 Å². The molecule has 116 valence electrons. The molecule has 3 rings (SSSR count). The number of hydrogen-bond donors (Lipinski definition) is 1. The maximum absolute atomic E-state index is 11.5. The van der Waals surface area contributed by atoms with Crippen LogP contribution in [0.25, 0.3) is 0 Å². The molecule has 8 heteroatoms. The predicted molar refractivity (Wildman–Crippen MR) is 83.9 cm³/mol. The van der Waals surface area contributed by atoms with E-state index in [1.165, 1.54) is 11.3 Å². The van der Waals surface area contributed by atoms with Crippen molar-refractivity contribution in [2.24, 2.45) is 5.92 Å². The van der Waals surface area contributed by atoms with E-state index in [1.54, 1.807) is 18.8 Å². The van der Waals surface area contributed by atoms with Gasteiger partial charge in [-0.1, -0.05) is 11.3 Å². The van der Waals surface area contributed by atoms with E-state index >= 15 is 0 Å². The standard InChI is InChI=1S/C14H18N6OS/c1-10(21)20-4-2-3-11(7-20)5-12-6-13(16-8-15-12)18-14-19-17-9-22-14/h6,8-9,11H,2-5,7H2,1H3,(H,15,16,18,19)/t11-/m0/s1. The van der Waals surface area contributed by atoms with Crippen molar-refractivity contribution in [1.29, 1.82) is 0 Å². The van der Waals surface area contributed by atoms with Crippen molar-refractivity contribution in [3.8, 4) is 0 Å². The molecule has 1 fully saturated rings. The molecule has 0 bridgehead atoms. The van der Waals surface area contributed by atoms with Gasteiger partial charge in [-0.3, -0.25) is 4.79 Å². The Morgan fingerprint density at radius 3 is 3.18 bits per heavy atom. The largest absolute Gasteiger partial charge is 0.343 e. The molecule has 3 heterocycles. The normalized spacial score (nSPS) is 18.2. The van der Waals surface area contributed by atoms with Crippen LogP contribution in [0, 0.1) is 5.92 Å². The Bertz CT molecular complexity index is 632. The maximum Gasteiger partial charge on any atom is 0.219 e. The van der Waals surface area contributed by atoms with Crippen molar-refractivity contribution in [2.45, 2.75) is 26.2 Å². The first-order chi connectivity index (χ1) is 10.7. The van der Waals surface area contributed by atoms with Crippen molar-refractivity contribution < 1.29 is 4.79 Å². The Morgan fingerprint density at radius 1 is 1.50 bits per heavy atom. The summed E-state index contributed by atoms with van der Waals surface area (Å²) in [4.78, 5) is 22.0. The fourth-order valence-electron chi connectivity index (χ4n) is 2.73. The van der Waals surface area contributed by atoms with Crippen LogP contribution in [0.4, 0.5) is 10.9 Å². The smallest absolute Gasteiger partial charge is 0.219 e. The number of carbonyl (C=O) groups excluding carboxylic acids is 1. The lowest BCUT2D eigenvalue weighted by Gasteiger charge is -2.31. The molecule has 1 saturated heterocycles. The third-order valence-electron chi connectivity index (χ3n) is 3.78. The van der Waals surface area contributed by atoms with Crippen LogP contribution in [-0.4, -0.2) is 44.1 Å². The highest BCUT2D eigenvalue weighted by Crippen LogP contribution is 2.22. The Labute approximate surface area is 132 Å². The lowest BCUT2D eigenvalue weighted by Crippen LogP contribution is -2.39. The van der Waals surface area contributed by atoms with Crippen molar-refractivity contribution in [3.63, 3.8) is 0 Å². The van der Waals surface area contributed by atoms with E-state index in [0.29, 0.717) is 11.0 Å². The van der Waals surface area contributed by atoms with Crippen molar-refractivity contribution in [1.82, 2.24) is 25.1 Å². The molecule has 22 heavy (non-hydrogen) atoms. The fourth-order valence-corrected chi connectivity index (χ4v) is 3.18. The topological polar surface area (TPSA) is 83.9 Å². The van der Waals surface area contributed by atoms with Crippen LogP contribution < -0.4 is 5.32 Å². The number of nitrogens with zero attached hydrogens (tertiary/aromatic N) is 5. The van der Waals surface area contributed by atoms with E-state index in [1.807, 2.05) is 11.0 Å². The zero-order chi connectivity index (χ0) is 15.4. The zero-order valence-corrected chi connectivity index (χ0v) is 13.2. The number of aromatic nitrogens is 4. The highest BCUT2D eigenvalue weighted by molar-refractivity contribution is 7.13. The molecule has 1 aliphatic heterocycles. The molecule has 1 N–H and O–H groups in total. The molecule has 0 saturated carbocycles. The molecule has 1 aliphatic rings. The molecule has 1 amide bonds. The average Bonchev–Trinajstić information content (AvgIpc) is 3.01. The number of anilines is 2. The Balaban J connectivity index is 1.63. The van der Waals surface area contributed by atoms with Crippen LogP contribution in [-0.2, 0) is 11.2 Å². The SMILES string of the molecule is CC(=O)N1CCC[C@@H](Cc2cc(Nc3nncs3)ncn2)C1. The number of amides is 1. The highest BCUT2D eigenvalue weighted by atomic mass is 32.1. The van der Waals surface area contributed by atoms with Gasteiger partial charge in [0.25, 0.3) is 0 Å². The summed E-state index contributed by atoms with van der Waals surface area (Å²) >= 11 is 1.42. The summed E-state index contributed by atoms with van der Waals surface area (Å²) < 4.78 is 0. The molecule has 1 atom stereocenters. The molecule has 2 aromatic rings. The van der Waals surface area contributed by atoms with Gasteiger partial charge in [-0.25, -0.2) is 9.97 Å². The van der Waals surface area contributed by atoms with Gasteiger partial charge in [-0.05, 0) is 25.2 Å². The highest BCUT2D eigenvalue weighted by Gasteiger charge is 2.22. The van der Waals surface area contributed by atoms with Crippen molar-refractivity contribution in [3.05, 3.63) is 23.6 Å². The van der Waals surface area contributed by atoms with E-state index in [-0.39, 0.29) is 5.91 Å². The molecule has 0 radical (unpaired) electrons. The van der Waals surface area contributed by atoms with Crippen LogP contribution in [0.5, 0.6) is 0 Å². The second-order valence-electron chi connectivity index (χ2n) is 5.44. The molecule has 7 nitrogen and oxygen atoms in total. The summed E-state index contributed by atoms with van der Waals surface area (Å²) in [6.45, 7) is 3.33. The maximum atomic E-state index is 11.5. The van der Waals surface area contributed by atoms with E-state index in [0.717, 1.165) is 43.9 Å². The van der Waals surface area contributed by atoms with E-state index in [9.17, 15) is 4.79 Å². The minimum Gasteiger partial charge on any atom is -0.343 e. The van der Waals surface area contributed by atoms with E-state index < -0.39 is 0 Å². The van der Waals surface area contributed by atoms with Crippen LogP contribution in [0.2, 0.25) is 0 Å². The minimum absolute atomic E-state index is 0.158. The van der Waals surface area contributed by atoms with Crippen LogP contribution >= 0.6 is 11.3 Å². The molecule has 0 unspecified atom stereocenters. The molecular formula is C14H18N6OS. The predicted octanol–water partition coefficient (Wildman–Crippen LogP) is 1.87. The first-order valence-corrected chi connectivity index (χ1v) is 8.18. The minimum atomic E-state index is 0.158. The number of nitrogens with one attached hydrogen (secondary N) is 1. The molecule has 2 aromatic heterocycles. The Morgan fingerprint density at radius 2 is 2.41 bits per heavy atom. The second-order valence-corrected chi connectivity index (χ2v) is 6.27. The molecule has 0 spiro atoms. The fraction of sp³-hybridized carbons (Fsp3) is 0.500. The van der Waals surface area contributed by atoms with Gasteiger partial charge in [0.2, 0.25) is 11.0 Å². The summed E-state index contributed by atoms with van der Waals surface area (Å²) in [6.07, 6.45) is 4.61. The lowest BCUT2D eigenvalue weighted by molar-refractivity contribution is -0.130. The van der Waals surface area contributed by atoms with Crippen LogP contribution in [0.15, 0.2) is 17.9 Å².